The molecule has 2 aromatic rings. The van der Waals surface area contributed by atoms with Gasteiger partial charge in [0.1, 0.15) is 0 Å². The largest absolute Gasteiger partial charge is 0.483 e. The molecule has 4 atom stereocenters. The van der Waals surface area contributed by atoms with E-state index in [1.165, 1.54) is 5.56 Å². The molecule has 33 heavy (non-hydrogen) atoms. The lowest BCUT2D eigenvalue weighted by molar-refractivity contribution is -0.122. The number of aromatic nitrogens is 1. The summed E-state index contributed by atoms with van der Waals surface area (Å²) >= 11 is 0. The number of carbonyl (C=O) groups is 2. The van der Waals surface area contributed by atoms with Gasteiger partial charge >= 0.3 is 0 Å². The third-order valence-electron chi connectivity index (χ3n) is 7.00. The molecule has 0 radical (unpaired) electrons. The van der Waals surface area contributed by atoms with Crippen molar-refractivity contribution < 1.29 is 19.4 Å². The number of fused-ring (bicyclic) bond motifs is 1. The number of amides is 1. The van der Waals surface area contributed by atoms with Gasteiger partial charge in [-0.1, -0.05) is 42.5 Å². The van der Waals surface area contributed by atoms with Gasteiger partial charge < -0.3 is 15.2 Å². The monoisotopic (exact) mass is 449 g/mol. The quantitative estimate of drug-likeness (QED) is 0.659. The van der Waals surface area contributed by atoms with Crippen LogP contribution in [0, 0.1) is 18.8 Å². The van der Waals surface area contributed by atoms with Crippen LogP contribution < -0.4 is 5.32 Å². The maximum absolute atomic E-state index is 12.5. The summed E-state index contributed by atoms with van der Waals surface area (Å²) in [7, 11) is 0. The number of carboxylic acid groups (broad SMARTS) is 1. The SMILES string of the molecule is Cc1ccc(C(=O)NC[C@H]2[C@H]3CN(C/C=C/c4ccccc4)C[C@]34CC[C@H]2O4)cn1.O=CO. The number of hydrogen-bond donors (Lipinski definition) is 2. The van der Waals surface area contributed by atoms with E-state index in [4.69, 9.17) is 14.6 Å². The van der Waals surface area contributed by atoms with E-state index < -0.39 is 0 Å². The predicted octanol–water partition coefficient (Wildman–Crippen LogP) is 3.01. The number of benzene rings is 1. The van der Waals surface area contributed by atoms with Crippen LogP contribution >= 0.6 is 0 Å². The number of pyridine rings is 1. The number of nitrogens with one attached hydrogen (secondary N) is 1. The number of carbonyl (C=O) groups excluding carboxylic acids is 1. The first kappa shape index (κ1) is 23.1. The van der Waals surface area contributed by atoms with Crippen molar-refractivity contribution in [1.29, 1.82) is 0 Å². The summed E-state index contributed by atoms with van der Waals surface area (Å²) in [5, 5.41) is 10.0. The Balaban J connectivity index is 0.000000821. The highest BCUT2D eigenvalue weighted by atomic mass is 16.5. The second kappa shape index (κ2) is 10.3. The van der Waals surface area contributed by atoms with Crippen molar-refractivity contribution in [3.8, 4) is 0 Å². The van der Waals surface area contributed by atoms with Gasteiger partial charge in [0.15, 0.2) is 0 Å². The second-order valence-electron chi connectivity index (χ2n) is 9.04. The first-order chi connectivity index (χ1) is 16.0. The van der Waals surface area contributed by atoms with Crippen molar-refractivity contribution in [3.63, 3.8) is 0 Å². The van der Waals surface area contributed by atoms with Crippen LogP contribution in [0.15, 0.2) is 54.7 Å². The van der Waals surface area contributed by atoms with Crippen molar-refractivity contribution in [2.24, 2.45) is 11.8 Å². The van der Waals surface area contributed by atoms with Gasteiger partial charge in [0.2, 0.25) is 0 Å². The summed E-state index contributed by atoms with van der Waals surface area (Å²) < 4.78 is 6.52. The Hall–Kier alpha value is -3.03. The topological polar surface area (TPSA) is 91.8 Å². The molecule has 1 aromatic heterocycles. The molecule has 7 heteroatoms. The average molecular weight is 450 g/mol. The van der Waals surface area contributed by atoms with Crippen LogP contribution in [0.25, 0.3) is 6.08 Å². The summed E-state index contributed by atoms with van der Waals surface area (Å²) in [4.78, 5) is 27.6. The van der Waals surface area contributed by atoms with Gasteiger partial charge in [-0.3, -0.25) is 19.5 Å². The van der Waals surface area contributed by atoms with E-state index in [1.807, 2.05) is 25.1 Å². The zero-order valence-electron chi connectivity index (χ0n) is 18.9. The molecule has 3 aliphatic rings. The van der Waals surface area contributed by atoms with E-state index in [1.54, 1.807) is 6.20 Å². The fraction of sp³-hybridized carbons (Fsp3) is 0.423. The first-order valence-electron chi connectivity index (χ1n) is 11.4. The molecule has 0 saturated carbocycles. The van der Waals surface area contributed by atoms with E-state index in [0.29, 0.717) is 23.9 Å². The lowest BCUT2D eigenvalue weighted by atomic mass is 9.73. The summed E-state index contributed by atoms with van der Waals surface area (Å²) in [6.45, 7) is 5.34. The van der Waals surface area contributed by atoms with Gasteiger partial charge in [0, 0.05) is 49.9 Å². The molecular weight excluding hydrogens is 418 g/mol. The summed E-state index contributed by atoms with van der Waals surface area (Å²) in [6.07, 6.45) is 8.64. The maximum Gasteiger partial charge on any atom is 0.290 e. The normalized spacial score (nSPS) is 27.7. The van der Waals surface area contributed by atoms with E-state index in [-0.39, 0.29) is 24.1 Å². The van der Waals surface area contributed by atoms with Gasteiger partial charge in [-0.25, -0.2) is 0 Å². The van der Waals surface area contributed by atoms with Crippen molar-refractivity contribution in [3.05, 3.63) is 71.6 Å². The first-order valence-corrected chi connectivity index (χ1v) is 11.4. The second-order valence-corrected chi connectivity index (χ2v) is 9.04. The smallest absolute Gasteiger partial charge is 0.290 e. The molecule has 7 nitrogen and oxygen atoms in total. The van der Waals surface area contributed by atoms with Crippen molar-refractivity contribution in [1.82, 2.24) is 15.2 Å². The predicted molar refractivity (Wildman–Crippen MR) is 126 cm³/mol. The summed E-state index contributed by atoms with van der Waals surface area (Å²) in [5.41, 5.74) is 2.77. The van der Waals surface area contributed by atoms with Crippen LogP contribution in [0.4, 0.5) is 0 Å². The maximum atomic E-state index is 12.5. The molecule has 0 aliphatic carbocycles. The highest BCUT2D eigenvalue weighted by Gasteiger charge is 2.62. The molecule has 2 N–H and O–H groups in total. The highest BCUT2D eigenvalue weighted by molar-refractivity contribution is 5.93. The fourth-order valence-corrected chi connectivity index (χ4v) is 5.52. The van der Waals surface area contributed by atoms with Crippen molar-refractivity contribution >= 4 is 18.5 Å². The van der Waals surface area contributed by atoms with E-state index in [9.17, 15) is 4.79 Å². The standard InChI is InChI=1S/C25H29N3O2.CH2O2/c1-18-9-10-20(14-26-18)24(29)27-15-21-22-16-28(17-25(22)12-11-23(21)30-25)13-5-8-19-6-3-2-4-7-19;2-1-3/h2-10,14,21-23H,11-13,15-17H2,1H3,(H,27,29);1H,(H,2,3)/b8-5+;/t21-,22+,23+,25+;/m0./s1. The molecule has 1 spiro atoms. The third kappa shape index (κ3) is 5.15. The van der Waals surface area contributed by atoms with Crippen LogP contribution in [0.1, 0.15) is 34.5 Å². The molecule has 1 amide bonds. The molecule has 3 fully saturated rings. The zero-order chi connectivity index (χ0) is 23.3. The number of ether oxygens (including phenoxy) is 1. The number of rotatable bonds is 6. The zero-order valence-corrected chi connectivity index (χ0v) is 18.9. The Kier molecular flexibility index (Phi) is 7.20. The Morgan fingerprint density at radius 1 is 1.30 bits per heavy atom. The van der Waals surface area contributed by atoms with Gasteiger partial charge in [0.25, 0.3) is 12.4 Å². The minimum Gasteiger partial charge on any atom is -0.483 e. The fourth-order valence-electron chi connectivity index (χ4n) is 5.52. The van der Waals surface area contributed by atoms with Crippen LogP contribution in [0.5, 0.6) is 0 Å². The van der Waals surface area contributed by atoms with Crippen LogP contribution in [0.3, 0.4) is 0 Å². The Labute approximate surface area is 194 Å². The number of nitrogens with zero attached hydrogens (tertiary/aromatic N) is 2. The lowest BCUT2D eigenvalue weighted by Gasteiger charge is -2.29. The third-order valence-corrected chi connectivity index (χ3v) is 7.00. The number of hydrogen-bond acceptors (Lipinski definition) is 5. The molecule has 0 unspecified atom stereocenters. The molecule has 3 aliphatic heterocycles. The van der Waals surface area contributed by atoms with E-state index >= 15 is 0 Å². The van der Waals surface area contributed by atoms with Crippen molar-refractivity contribution in [2.75, 3.05) is 26.2 Å². The van der Waals surface area contributed by atoms with Gasteiger partial charge in [-0.05, 0) is 37.5 Å². The summed E-state index contributed by atoms with van der Waals surface area (Å²) in [6, 6.07) is 14.1. The van der Waals surface area contributed by atoms with Crippen LogP contribution in [-0.2, 0) is 9.53 Å². The van der Waals surface area contributed by atoms with Gasteiger partial charge in [0.05, 0.1) is 17.3 Å². The summed E-state index contributed by atoms with van der Waals surface area (Å²) in [5.74, 6) is 0.849. The molecule has 4 heterocycles. The van der Waals surface area contributed by atoms with E-state index in [2.05, 4.69) is 51.6 Å². The lowest BCUT2D eigenvalue weighted by Crippen LogP contribution is -2.41. The molecule has 1 aromatic carbocycles. The average Bonchev–Trinajstić information content (AvgIpc) is 3.48. The Bertz CT molecular complexity index is 979. The van der Waals surface area contributed by atoms with Crippen LogP contribution in [-0.4, -0.2) is 65.3 Å². The number of likely N-dealkylation sites (tertiary alicyclic amines) is 1. The highest BCUT2D eigenvalue weighted by Crippen LogP contribution is 2.54. The molecular formula is C26H31N3O4. The van der Waals surface area contributed by atoms with E-state index in [0.717, 1.165) is 38.2 Å². The van der Waals surface area contributed by atoms with Crippen LogP contribution in [0.2, 0.25) is 0 Å². The van der Waals surface area contributed by atoms with Gasteiger partial charge in [-0.15, -0.1) is 0 Å². The molecule has 2 bridgehead atoms. The Morgan fingerprint density at radius 2 is 2.09 bits per heavy atom. The number of aryl methyl sites for hydroxylation is 1. The molecule has 5 rings (SSSR count). The molecule has 3 saturated heterocycles. The van der Waals surface area contributed by atoms with Gasteiger partial charge in [-0.2, -0.15) is 0 Å². The Morgan fingerprint density at radius 3 is 2.82 bits per heavy atom. The minimum absolute atomic E-state index is 0.00787. The molecule has 174 valence electrons. The minimum atomic E-state index is -0.250. The van der Waals surface area contributed by atoms with Crippen molar-refractivity contribution in [2.45, 2.75) is 31.5 Å².